The second-order valence-corrected chi connectivity index (χ2v) is 12.4. The van der Waals surface area contributed by atoms with Crippen LogP contribution in [0.15, 0.2) is 95.6 Å². The molecule has 3 N–H and O–H groups in total. The number of rotatable bonds is 13. The fraction of sp³-hybridized carbons (Fsp3) is 0.361. The molecule has 2 unspecified atom stereocenters. The first kappa shape index (κ1) is 33.0. The summed E-state index contributed by atoms with van der Waals surface area (Å²) in [6, 6.07) is 17.2. The van der Waals surface area contributed by atoms with E-state index in [1.54, 1.807) is 12.2 Å². The van der Waals surface area contributed by atoms with Crippen LogP contribution in [-0.4, -0.2) is 54.6 Å². The Morgan fingerprint density at radius 2 is 1.72 bits per heavy atom. The highest BCUT2D eigenvalue weighted by molar-refractivity contribution is 6.38. The Morgan fingerprint density at radius 3 is 2.43 bits per heavy atom. The third kappa shape index (κ3) is 8.89. The molecule has 0 aromatic heterocycles. The molecule has 1 saturated heterocycles. The van der Waals surface area contributed by atoms with Gasteiger partial charge in [-0.25, -0.2) is 0 Å². The van der Waals surface area contributed by atoms with Gasteiger partial charge in [-0.1, -0.05) is 78.3 Å². The molecule has 2 aromatic rings. The van der Waals surface area contributed by atoms with Crippen molar-refractivity contribution in [2.75, 3.05) is 13.2 Å². The normalized spacial score (nSPS) is 21.8. The maximum Gasteiger partial charge on any atom is 0.289 e. The van der Waals surface area contributed by atoms with Crippen LogP contribution in [0.1, 0.15) is 36.8 Å². The van der Waals surface area contributed by atoms with E-state index in [1.807, 2.05) is 72.8 Å². The molecule has 2 aliphatic heterocycles. The topological polar surface area (TPSA) is 131 Å². The minimum Gasteiger partial charge on any atom is -0.368 e. The second kappa shape index (κ2) is 15.8. The minimum absolute atomic E-state index is 0.0221. The van der Waals surface area contributed by atoms with Gasteiger partial charge in [-0.05, 0) is 60.6 Å². The maximum absolute atomic E-state index is 13.9. The third-order valence-electron chi connectivity index (χ3n) is 8.54. The van der Waals surface area contributed by atoms with Gasteiger partial charge in [0.1, 0.15) is 11.9 Å². The molecule has 0 bridgehead atoms. The van der Waals surface area contributed by atoms with Gasteiger partial charge in [0.25, 0.3) is 5.91 Å². The molecule has 0 saturated carbocycles. The highest BCUT2D eigenvalue weighted by Gasteiger charge is 2.36. The van der Waals surface area contributed by atoms with Crippen LogP contribution in [0.5, 0.6) is 0 Å². The van der Waals surface area contributed by atoms with Gasteiger partial charge in [0.05, 0.1) is 18.6 Å². The van der Waals surface area contributed by atoms with Crippen molar-refractivity contribution < 1.29 is 28.7 Å². The summed E-state index contributed by atoms with van der Waals surface area (Å²) in [4.78, 5) is 66.7. The van der Waals surface area contributed by atoms with Gasteiger partial charge in [-0.3, -0.25) is 24.0 Å². The number of nitrogens with one attached hydrogen (secondary N) is 3. The van der Waals surface area contributed by atoms with Crippen LogP contribution in [-0.2, 0) is 41.7 Å². The molecule has 2 heterocycles. The van der Waals surface area contributed by atoms with Crippen LogP contribution >= 0.6 is 11.6 Å². The lowest BCUT2D eigenvalue weighted by molar-refractivity contribution is -0.141. The number of allylic oxidation sites excluding steroid dienone is 2. The summed E-state index contributed by atoms with van der Waals surface area (Å²) >= 11 is 6.16. The number of hydrogen-bond donors (Lipinski definition) is 3. The number of Topliss-reactive ketones (excluding diaryl/α,β-unsaturated/α-hetero) is 2. The highest BCUT2D eigenvalue weighted by Crippen LogP contribution is 2.29. The standard InChI is InChI=1S/C36H38ClN3O6/c37-29-13-14-32-26(18-29)17-28(22-46-32)31(41)20-27(16-23-8-3-1-4-9-23)35(44)40-30(19-25-12-7-15-38-34(25)43)33(42)36(45)39-21-24-10-5-2-6-11-24/h1-6,8-11,13-14,17-18,25,27-28,30,32H,7,12,15-16,19-22H2,(H,38,43)(H,39,45)(H,40,44)/t25-,27+,28?,30-,32?/m0/s1. The molecule has 2 aromatic carbocycles. The lowest BCUT2D eigenvalue weighted by Gasteiger charge is -2.29. The number of amides is 3. The van der Waals surface area contributed by atoms with E-state index >= 15 is 0 Å². The Kier molecular flexibility index (Phi) is 11.3. The van der Waals surface area contributed by atoms with E-state index in [-0.39, 0.29) is 50.2 Å². The summed E-state index contributed by atoms with van der Waals surface area (Å²) in [5.41, 5.74) is 2.45. The van der Waals surface area contributed by atoms with Gasteiger partial charge >= 0.3 is 0 Å². The summed E-state index contributed by atoms with van der Waals surface area (Å²) in [5, 5.41) is 8.76. The quantitative estimate of drug-likeness (QED) is 0.285. The van der Waals surface area contributed by atoms with E-state index in [2.05, 4.69) is 16.0 Å². The molecule has 0 spiro atoms. The Bertz CT molecular complexity index is 1540. The van der Waals surface area contributed by atoms with E-state index in [0.29, 0.717) is 18.0 Å². The molecule has 3 amide bonds. The molecule has 1 fully saturated rings. The summed E-state index contributed by atoms with van der Waals surface area (Å²) in [6.45, 7) is 0.846. The lowest BCUT2D eigenvalue weighted by Crippen LogP contribution is -2.51. The molecule has 46 heavy (non-hydrogen) atoms. The maximum atomic E-state index is 13.9. The fourth-order valence-electron chi connectivity index (χ4n) is 5.99. The SMILES string of the molecule is O=C(NCc1ccccc1)C(=O)[C@H](C[C@@H]1CCCNC1=O)NC(=O)[C@@H](CC(=O)C1C=C2C=C(Cl)C=CC2OC1)Cc1ccccc1. The predicted molar refractivity (Wildman–Crippen MR) is 173 cm³/mol. The van der Waals surface area contributed by atoms with Crippen LogP contribution in [0.4, 0.5) is 0 Å². The predicted octanol–water partition coefficient (Wildman–Crippen LogP) is 3.73. The average molecular weight is 644 g/mol. The zero-order chi connectivity index (χ0) is 32.5. The smallest absolute Gasteiger partial charge is 0.289 e. The van der Waals surface area contributed by atoms with Crippen LogP contribution in [0.3, 0.4) is 0 Å². The summed E-state index contributed by atoms with van der Waals surface area (Å²) < 4.78 is 5.89. The number of benzene rings is 2. The first-order valence-corrected chi connectivity index (χ1v) is 16.0. The van der Waals surface area contributed by atoms with Gasteiger partial charge < -0.3 is 20.7 Å². The number of ether oxygens (including phenoxy) is 1. The van der Waals surface area contributed by atoms with Crippen molar-refractivity contribution in [3.05, 3.63) is 107 Å². The number of ketones is 2. The Morgan fingerprint density at radius 1 is 1.00 bits per heavy atom. The van der Waals surface area contributed by atoms with Gasteiger partial charge in [0.2, 0.25) is 17.6 Å². The van der Waals surface area contributed by atoms with Gasteiger partial charge in [0, 0.05) is 36.4 Å². The Balaban J connectivity index is 1.33. The molecule has 3 aliphatic rings. The average Bonchev–Trinajstić information content (AvgIpc) is 3.07. The molecule has 1 aliphatic carbocycles. The van der Waals surface area contributed by atoms with E-state index in [0.717, 1.165) is 23.1 Å². The Labute approximate surface area is 273 Å². The first-order valence-electron chi connectivity index (χ1n) is 15.7. The molecule has 0 radical (unpaired) electrons. The number of halogens is 1. The molecule has 9 nitrogen and oxygen atoms in total. The van der Waals surface area contributed by atoms with Crippen molar-refractivity contribution in [3.63, 3.8) is 0 Å². The van der Waals surface area contributed by atoms with Crippen LogP contribution < -0.4 is 16.0 Å². The van der Waals surface area contributed by atoms with Gasteiger partial charge in [0.15, 0.2) is 0 Å². The number of fused-ring (bicyclic) bond motifs is 1. The zero-order valence-corrected chi connectivity index (χ0v) is 26.2. The first-order chi connectivity index (χ1) is 22.3. The van der Waals surface area contributed by atoms with Crippen molar-refractivity contribution in [1.29, 1.82) is 0 Å². The Hall–Kier alpha value is -4.34. The molecular weight excluding hydrogens is 606 g/mol. The third-order valence-corrected chi connectivity index (χ3v) is 8.78. The largest absolute Gasteiger partial charge is 0.368 e. The number of carbonyl (C=O) groups excluding carboxylic acids is 5. The van der Waals surface area contributed by atoms with Crippen molar-refractivity contribution >= 4 is 40.9 Å². The summed E-state index contributed by atoms with van der Waals surface area (Å²) in [6.07, 6.45) is 8.29. The number of hydrogen-bond acceptors (Lipinski definition) is 6. The van der Waals surface area contributed by atoms with Crippen molar-refractivity contribution in [1.82, 2.24) is 16.0 Å². The van der Waals surface area contributed by atoms with Crippen molar-refractivity contribution in [2.45, 2.75) is 50.8 Å². The summed E-state index contributed by atoms with van der Waals surface area (Å²) in [5.74, 6) is -4.56. The van der Waals surface area contributed by atoms with E-state index in [4.69, 9.17) is 16.3 Å². The van der Waals surface area contributed by atoms with Crippen LogP contribution in [0, 0.1) is 17.8 Å². The van der Waals surface area contributed by atoms with E-state index in [9.17, 15) is 24.0 Å². The molecule has 240 valence electrons. The molecule has 10 heteroatoms. The van der Waals surface area contributed by atoms with Crippen molar-refractivity contribution in [2.24, 2.45) is 17.8 Å². The number of carbonyl (C=O) groups is 5. The molecular formula is C36H38ClN3O6. The molecule has 5 rings (SSSR count). The molecule has 5 atom stereocenters. The van der Waals surface area contributed by atoms with E-state index < -0.39 is 41.4 Å². The lowest BCUT2D eigenvalue weighted by atomic mass is 9.86. The van der Waals surface area contributed by atoms with Crippen LogP contribution in [0.25, 0.3) is 0 Å². The zero-order valence-electron chi connectivity index (χ0n) is 25.5. The van der Waals surface area contributed by atoms with Gasteiger partial charge in [-0.15, -0.1) is 0 Å². The van der Waals surface area contributed by atoms with Crippen LogP contribution in [0.2, 0.25) is 0 Å². The van der Waals surface area contributed by atoms with Gasteiger partial charge in [-0.2, -0.15) is 0 Å². The summed E-state index contributed by atoms with van der Waals surface area (Å²) in [7, 11) is 0. The van der Waals surface area contributed by atoms with E-state index in [1.165, 1.54) is 0 Å². The van der Waals surface area contributed by atoms with Crippen molar-refractivity contribution in [3.8, 4) is 0 Å². The minimum atomic E-state index is -1.24. The monoisotopic (exact) mass is 643 g/mol. The second-order valence-electron chi connectivity index (χ2n) is 11.9. The number of piperidine rings is 1. The highest BCUT2D eigenvalue weighted by atomic mass is 35.5. The fourth-order valence-corrected chi connectivity index (χ4v) is 6.19.